The van der Waals surface area contributed by atoms with E-state index in [-0.39, 0.29) is 0 Å². The van der Waals surface area contributed by atoms with E-state index in [0.29, 0.717) is 28.2 Å². The first kappa shape index (κ1) is 13.0. The summed E-state index contributed by atoms with van der Waals surface area (Å²) in [6, 6.07) is 7.29. The number of nitrogens with two attached hydrogens (primary N) is 3. The molecule has 0 aliphatic rings. The minimum atomic E-state index is 0.374. The molecule has 18 heavy (non-hydrogen) atoms. The molecule has 0 saturated heterocycles. The van der Waals surface area contributed by atoms with Crippen LogP contribution >= 0.6 is 27.7 Å². The Labute approximate surface area is 117 Å². The molecule has 94 valence electrons. The first-order valence-electron chi connectivity index (χ1n) is 5.11. The summed E-state index contributed by atoms with van der Waals surface area (Å²) in [6.45, 7) is 0. The first-order valence-corrected chi connectivity index (χ1v) is 6.88. The molecule has 7 heteroatoms. The Balaban J connectivity index is 2.11. The summed E-state index contributed by atoms with van der Waals surface area (Å²) in [5.74, 6) is 1.45. The second kappa shape index (κ2) is 5.45. The van der Waals surface area contributed by atoms with Crippen LogP contribution in [0.25, 0.3) is 0 Å². The van der Waals surface area contributed by atoms with Crippen molar-refractivity contribution in [2.45, 2.75) is 10.9 Å². The molecular weight excluding hydrogens is 314 g/mol. The molecule has 1 aromatic heterocycles. The Hall–Kier alpha value is -1.47. The highest BCUT2D eigenvalue weighted by molar-refractivity contribution is 9.10. The van der Waals surface area contributed by atoms with Crippen LogP contribution in [0.4, 0.5) is 17.3 Å². The van der Waals surface area contributed by atoms with Crippen LogP contribution in [-0.4, -0.2) is 9.97 Å². The van der Waals surface area contributed by atoms with E-state index in [1.807, 2.05) is 18.2 Å². The molecule has 0 radical (unpaired) electrons. The van der Waals surface area contributed by atoms with Gasteiger partial charge in [0.05, 0.1) is 0 Å². The van der Waals surface area contributed by atoms with E-state index in [1.165, 1.54) is 17.8 Å². The molecule has 1 aromatic carbocycles. The van der Waals surface area contributed by atoms with Gasteiger partial charge in [0.2, 0.25) is 0 Å². The average Bonchev–Trinajstić information content (AvgIpc) is 2.23. The predicted molar refractivity (Wildman–Crippen MR) is 79.0 cm³/mol. The van der Waals surface area contributed by atoms with E-state index in [4.69, 9.17) is 17.2 Å². The van der Waals surface area contributed by atoms with Gasteiger partial charge in [0, 0.05) is 22.0 Å². The summed E-state index contributed by atoms with van der Waals surface area (Å²) in [4.78, 5) is 8.20. The fraction of sp³-hybridized carbons (Fsp3) is 0.0909. The highest BCUT2D eigenvalue weighted by Gasteiger charge is 2.03. The van der Waals surface area contributed by atoms with E-state index in [9.17, 15) is 0 Å². The van der Waals surface area contributed by atoms with Crippen molar-refractivity contribution in [3.8, 4) is 0 Å². The third-order valence-corrected chi connectivity index (χ3v) is 3.47. The Morgan fingerprint density at radius 2 is 1.67 bits per heavy atom. The summed E-state index contributed by atoms with van der Waals surface area (Å²) in [6.07, 6.45) is 0. The van der Waals surface area contributed by atoms with Crippen LogP contribution in [0.1, 0.15) is 5.56 Å². The van der Waals surface area contributed by atoms with E-state index in [1.54, 1.807) is 0 Å². The smallest absolute Gasteiger partial charge is 0.191 e. The third kappa shape index (κ3) is 3.51. The lowest BCUT2D eigenvalue weighted by Crippen LogP contribution is -1.99. The van der Waals surface area contributed by atoms with Crippen molar-refractivity contribution >= 4 is 45.0 Å². The van der Waals surface area contributed by atoms with Gasteiger partial charge in [-0.15, -0.1) is 0 Å². The van der Waals surface area contributed by atoms with Crippen molar-refractivity contribution in [2.24, 2.45) is 0 Å². The number of nitrogen functional groups attached to an aromatic ring is 3. The van der Waals surface area contributed by atoms with Crippen LogP contribution in [0, 0.1) is 0 Å². The lowest BCUT2D eigenvalue weighted by molar-refractivity contribution is 0.984. The molecule has 0 spiro atoms. The molecule has 5 nitrogen and oxygen atoms in total. The maximum absolute atomic E-state index is 5.77. The van der Waals surface area contributed by atoms with Crippen molar-refractivity contribution in [2.75, 3.05) is 17.2 Å². The number of hydrogen-bond acceptors (Lipinski definition) is 6. The molecule has 0 fully saturated rings. The lowest BCUT2D eigenvalue weighted by atomic mass is 10.2. The average molecular weight is 326 g/mol. The van der Waals surface area contributed by atoms with Crippen LogP contribution in [0.3, 0.4) is 0 Å². The van der Waals surface area contributed by atoms with Gasteiger partial charge in [-0.2, -0.15) is 0 Å². The highest BCUT2D eigenvalue weighted by atomic mass is 79.9. The zero-order valence-electron chi connectivity index (χ0n) is 9.43. The van der Waals surface area contributed by atoms with Crippen LogP contribution in [0.2, 0.25) is 0 Å². The van der Waals surface area contributed by atoms with Gasteiger partial charge in [-0.05, 0) is 23.8 Å². The zero-order chi connectivity index (χ0) is 13.1. The number of hydrogen-bond donors (Lipinski definition) is 3. The molecule has 0 amide bonds. The molecule has 1 heterocycles. The first-order chi connectivity index (χ1) is 8.52. The predicted octanol–water partition coefficient (Wildman–Crippen LogP) is 2.28. The fourth-order valence-electron chi connectivity index (χ4n) is 1.43. The van der Waals surface area contributed by atoms with Gasteiger partial charge in [0.1, 0.15) is 11.6 Å². The van der Waals surface area contributed by atoms with Crippen molar-refractivity contribution in [1.82, 2.24) is 9.97 Å². The van der Waals surface area contributed by atoms with Crippen molar-refractivity contribution in [1.29, 1.82) is 0 Å². The second-order valence-corrected chi connectivity index (χ2v) is 5.54. The summed E-state index contributed by atoms with van der Waals surface area (Å²) < 4.78 is 0.950. The van der Waals surface area contributed by atoms with Crippen LogP contribution in [0.15, 0.2) is 33.9 Å². The summed E-state index contributed by atoms with van der Waals surface area (Å²) in [7, 11) is 0. The largest absolute Gasteiger partial charge is 0.399 e. The Morgan fingerprint density at radius 1 is 1.00 bits per heavy atom. The van der Waals surface area contributed by atoms with Crippen molar-refractivity contribution in [3.63, 3.8) is 0 Å². The Kier molecular flexibility index (Phi) is 3.93. The van der Waals surface area contributed by atoms with Gasteiger partial charge < -0.3 is 17.2 Å². The van der Waals surface area contributed by atoms with Crippen molar-refractivity contribution < 1.29 is 0 Å². The van der Waals surface area contributed by atoms with Gasteiger partial charge in [0.25, 0.3) is 0 Å². The molecule has 0 aliphatic heterocycles. The fourth-order valence-corrected chi connectivity index (χ4v) is 2.79. The van der Waals surface area contributed by atoms with Gasteiger partial charge >= 0.3 is 0 Å². The molecule has 2 rings (SSSR count). The van der Waals surface area contributed by atoms with Crippen LogP contribution in [0.5, 0.6) is 0 Å². The number of rotatable bonds is 3. The minimum absolute atomic E-state index is 0.374. The molecule has 2 aromatic rings. The third-order valence-electron chi connectivity index (χ3n) is 2.09. The number of nitrogens with zero attached hydrogens (tertiary/aromatic N) is 2. The van der Waals surface area contributed by atoms with E-state index < -0.39 is 0 Å². The normalized spacial score (nSPS) is 10.5. The quantitative estimate of drug-likeness (QED) is 0.454. The summed E-state index contributed by atoms with van der Waals surface area (Å²) >= 11 is 4.86. The number of aromatic nitrogens is 2. The van der Waals surface area contributed by atoms with Gasteiger partial charge in [-0.1, -0.05) is 27.7 Å². The molecule has 0 bridgehead atoms. The zero-order valence-corrected chi connectivity index (χ0v) is 11.8. The van der Waals surface area contributed by atoms with E-state index in [2.05, 4.69) is 25.9 Å². The Bertz CT molecular complexity index is 483. The topological polar surface area (TPSA) is 104 Å². The molecule has 0 atom stereocenters. The molecule has 0 unspecified atom stereocenters. The number of anilines is 3. The lowest BCUT2D eigenvalue weighted by Gasteiger charge is -2.04. The minimum Gasteiger partial charge on any atom is -0.399 e. The maximum atomic E-state index is 5.77. The van der Waals surface area contributed by atoms with E-state index in [0.717, 1.165) is 10.0 Å². The van der Waals surface area contributed by atoms with Gasteiger partial charge in [0.15, 0.2) is 5.16 Å². The summed E-state index contributed by atoms with van der Waals surface area (Å²) in [5.41, 5.74) is 18.8. The Morgan fingerprint density at radius 3 is 2.28 bits per heavy atom. The monoisotopic (exact) mass is 325 g/mol. The second-order valence-electron chi connectivity index (χ2n) is 3.68. The van der Waals surface area contributed by atoms with Gasteiger partial charge in [-0.3, -0.25) is 0 Å². The standard InChI is InChI=1S/C11H12BrN5S/c12-7-1-6(2-8(13)3-7)5-18-11-16-9(14)4-10(15)17-11/h1-4H,5,13H2,(H4,14,15,16,17). The number of thioether (sulfide) groups is 1. The highest BCUT2D eigenvalue weighted by Crippen LogP contribution is 2.24. The maximum Gasteiger partial charge on any atom is 0.191 e. The summed E-state index contributed by atoms with van der Waals surface area (Å²) in [5, 5.41) is 0.561. The molecule has 0 saturated carbocycles. The van der Waals surface area contributed by atoms with Gasteiger partial charge in [-0.25, -0.2) is 9.97 Å². The number of benzene rings is 1. The van der Waals surface area contributed by atoms with Crippen LogP contribution < -0.4 is 17.2 Å². The SMILES string of the molecule is Nc1cc(Br)cc(CSc2nc(N)cc(N)n2)c1. The van der Waals surface area contributed by atoms with E-state index >= 15 is 0 Å². The van der Waals surface area contributed by atoms with Crippen molar-refractivity contribution in [3.05, 3.63) is 34.3 Å². The molecule has 6 N–H and O–H groups in total. The molecular formula is C11H12BrN5S. The molecule has 0 aliphatic carbocycles. The number of halogens is 1. The van der Waals surface area contributed by atoms with Crippen LogP contribution in [-0.2, 0) is 5.75 Å².